The summed E-state index contributed by atoms with van der Waals surface area (Å²) >= 11 is 6.47. The molecular formula is C26H20ClN3O8. The summed E-state index contributed by atoms with van der Waals surface area (Å²) in [5.41, 5.74) is 1.57. The third-order valence-corrected chi connectivity index (χ3v) is 5.69. The van der Waals surface area contributed by atoms with Crippen molar-refractivity contribution in [1.82, 2.24) is 0 Å². The monoisotopic (exact) mass is 537 g/mol. The lowest BCUT2D eigenvalue weighted by Gasteiger charge is -2.14. The van der Waals surface area contributed by atoms with E-state index in [-0.39, 0.29) is 45.9 Å². The number of rotatable bonds is 9. The number of halogens is 1. The van der Waals surface area contributed by atoms with Gasteiger partial charge in [-0.1, -0.05) is 29.8 Å². The van der Waals surface area contributed by atoms with Crippen LogP contribution in [-0.4, -0.2) is 28.3 Å². The zero-order chi connectivity index (χ0) is 27.4. The van der Waals surface area contributed by atoms with Crippen LogP contribution in [-0.2, 0) is 16.1 Å². The Kier molecular flexibility index (Phi) is 7.68. The lowest BCUT2D eigenvalue weighted by Crippen LogP contribution is -2.06. The Morgan fingerprint density at radius 2 is 1.84 bits per heavy atom. The fourth-order valence-corrected chi connectivity index (χ4v) is 3.89. The summed E-state index contributed by atoms with van der Waals surface area (Å²) in [6.45, 7) is 3.67. The van der Waals surface area contributed by atoms with E-state index in [4.69, 9.17) is 25.8 Å². The molecule has 0 fully saturated rings. The number of carbonyl (C=O) groups is 1. The average Bonchev–Trinajstić information content (AvgIpc) is 3.23. The molecule has 0 aromatic heterocycles. The van der Waals surface area contributed by atoms with Crippen LogP contribution in [0.1, 0.15) is 29.2 Å². The van der Waals surface area contributed by atoms with Crippen molar-refractivity contribution in [3.8, 4) is 11.5 Å². The summed E-state index contributed by atoms with van der Waals surface area (Å²) < 4.78 is 16.7. The number of ether oxygens (including phenoxy) is 3. The molecule has 4 rings (SSSR count). The minimum atomic E-state index is -0.733. The van der Waals surface area contributed by atoms with Gasteiger partial charge < -0.3 is 14.2 Å². The molecule has 12 heteroatoms. The number of nitro groups is 2. The second kappa shape index (κ2) is 11.1. The van der Waals surface area contributed by atoms with Gasteiger partial charge in [0, 0.05) is 29.3 Å². The van der Waals surface area contributed by atoms with Gasteiger partial charge >= 0.3 is 5.97 Å². The van der Waals surface area contributed by atoms with Gasteiger partial charge in [-0.2, -0.15) is 0 Å². The normalized spacial score (nSPS) is 13.7. The van der Waals surface area contributed by atoms with Crippen LogP contribution >= 0.6 is 11.6 Å². The maximum Gasteiger partial charge on any atom is 0.363 e. The van der Waals surface area contributed by atoms with E-state index in [1.165, 1.54) is 30.3 Å². The van der Waals surface area contributed by atoms with E-state index in [1.54, 1.807) is 44.2 Å². The Balaban J connectivity index is 1.61. The highest BCUT2D eigenvalue weighted by Crippen LogP contribution is 2.38. The van der Waals surface area contributed by atoms with Crippen LogP contribution in [0.15, 0.2) is 65.3 Å². The summed E-state index contributed by atoms with van der Waals surface area (Å²) in [5.74, 6) is -0.268. The van der Waals surface area contributed by atoms with E-state index >= 15 is 0 Å². The van der Waals surface area contributed by atoms with Crippen molar-refractivity contribution in [2.45, 2.75) is 20.5 Å². The molecule has 3 aromatic carbocycles. The van der Waals surface area contributed by atoms with Crippen LogP contribution < -0.4 is 9.47 Å². The Bertz CT molecular complexity index is 1520. The zero-order valence-electron chi connectivity index (χ0n) is 20.2. The first-order chi connectivity index (χ1) is 18.2. The Morgan fingerprint density at radius 1 is 1.05 bits per heavy atom. The van der Waals surface area contributed by atoms with Crippen molar-refractivity contribution in [3.05, 3.63) is 108 Å². The molecule has 0 atom stereocenters. The second-order valence-electron chi connectivity index (χ2n) is 8.07. The summed E-state index contributed by atoms with van der Waals surface area (Å²) in [6.07, 6.45) is 1.44. The molecule has 0 N–H and O–H groups in total. The molecule has 0 unspecified atom stereocenters. The van der Waals surface area contributed by atoms with Crippen molar-refractivity contribution in [1.29, 1.82) is 0 Å². The van der Waals surface area contributed by atoms with Crippen LogP contribution in [0.2, 0.25) is 5.02 Å². The number of nitro benzene ring substituents is 2. The molecule has 0 amide bonds. The van der Waals surface area contributed by atoms with Gasteiger partial charge in [-0.15, -0.1) is 0 Å². The summed E-state index contributed by atoms with van der Waals surface area (Å²) in [7, 11) is 0. The summed E-state index contributed by atoms with van der Waals surface area (Å²) in [4.78, 5) is 37.9. The van der Waals surface area contributed by atoms with Crippen LogP contribution in [0.4, 0.5) is 11.4 Å². The minimum Gasteiger partial charge on any atom is -0.490 e. The number of aryl methyl sites for hydroxylation is 1. The number of carbonyl (C=O) groups excluding carboxylic acids is 1. The topological polar surface area (TPSA) is 143 Å². The fraction of sp³-hybridized carbons (Fsp3) is 0.154. The average molecular weight is 538 g/mol. The molecule has 1 aliphatic heterocycles. The van der Waals surface area contributed by atoms with Gasteiger partial charge in [-0.25, -0.2) is 9.79 Å². The molecule has 0 aliphatic carbocycles. The minimum absolute atomic E-state index is 0.00454. The molecule has 38 heavy (non-hydrogen) atoms. The Hall–Kier alpha value is -4.77. The first kappa shape index (κ1) is 26.3. The summed E-state index contributed by atoms with van der Waals surface area (Å²) in [5, 5.41) is 22.5. The van der Waals surface area contributed by atoms with E-state index < -0.39 is 15.8 Å². The van der Waals surface area contributed by atoms with Crippen LogP contribution in [0.5, 0.6) is 11.5 Å². The number of non-ortho nitro benzene ring substituents is 1. The maximum absolute atomic E-state index is 12.5. The Morgan fingerprint density at radius 3 is 2.55 bits per heavy atom. The predicted molar refractivity (Wildman–Crippen MR) is 138 cm³/mol. The zero-order valence-corrected chi connectivity index (χ0v) is 20.9. The molecule has 11 nitrogen and oxygen atoms in total. The van der Waals surface area contributed by atoms with E-state index in [9.17, 15) is 25.0 Å². The molecule has 0 radical (unpaired) electrons. The van der Waals surface area contributed by atoms with Gasteiger partial charge in [0.2, 0.25) is 5.90 Å². The first-order valence-electron chi connectivity index (χ1n) is 11.3. The number of benzene rings is 3. The number of aliphatic imine (C=N–C) groups is 1. The predicted octanol–water partition coefficient (Wildman–Crippen LogP) is 5.79. The van der Waals surface area contributed by atoms with Gasteiger partial charge in [0.25, 0.3) is 11.4 Å². The van der Waals surface area contributed by atoms with Gasteiger partial charge in [0.05, 0.1) is 21.5 Å². The summed E-state index contributed by atoms with van der Waals surface area (Å²) in [6, 6.07) is 13.6. The smallest absolute Gasteiger partial charge is 0.363 e. The van der Waals surface area contributed by atoms with Crippen LogP contribution in [0.25, 0.3) is 6.08 Å². The quantitative estimate of drug-likeness (QED) is 0.144. The molecule has 0 saturated carbocycles. The fourth-order valence-electron chi connectivity index (χ4n) is 3.62. The van der Waals surface area contributed by atoms with Gasteiger partial charge in [0.1, 0.15) is 6.61 Å². The van der Waals surface area contributed by atoms with Crippen LogP contribution in [0.3, 0.4) is 0 Å². The third kappa shape index (κ3) is 5.79. The number of hydrogen-bond donors (Lipinski definition) is 0. The number of nitrogens with zero attached hydrogens (tertiary/aromatic N) is 3. The van der Waals surface area contributed by atoms with Gasteiger partial charge in [-0.05, 0) is 49.2 Å². The van der Waals surface area contributed by atoms with E-state index in [1.807, 2.05) is 0 Å². The van der Waals surface area contributed by atoms with Gasteiger partial charge in [0.15, 0.2) is 17.2 Å². The molecular weight excluding hydrogens is 518 g/mol. The number of cyclic esters (lactones) is 1. The molecule has 3 aromatic rings. The first-order valence-corrected chi connectivity index (χ1v) is 11.6. The lowest BCUT2D eigenvalue weighted by atomic mass is 10.1. The second-order valence-corrected chi connectivity index (χ2v) is 8.48. The number of esters is 1. The molecule has 0 spiro atoms. The van der Waals surface area contributed by atoms with E-state index in [2.05, 4.69) is 4.99 Å². The van der Waals surface area contributed by atoms with E-state index in [0.29, 0.717) is 29.0 Å². The highest BCUT2D eigenvalue weighted by Gasteiger charge is 2.26. The highest BCUT2D eigenvalue weighted by atomic mass is 35.5. The molecule has 1 heterocycles. The SMILES string of the molecule is CCOc1cc(/C=C2\N=C(c3ccc(C)c([N+](=O)[O-])c3)OC2=O)cc(Cl)c1OCc1cccc([N+](=O)[O-])c1. The molecule has 0 bridgehead atoms. The third-order valence-electron chi connectivity index (χ3n) is 5.41. The largest absolute Gasteiger partial charge is 0.490 e. The molecule has 1 aliphatic rings. The molecule has 194 valence electrons. The van der Waals surface area contributed by atoms with Crippen molar-refractivity contribution < 1.29 is 28.9 Å². The number of hydrogen-bond acceptors (Lipinski definition) is 9. The van der Waals surface area contributed by atoms with Crippen molar-refractivity contribution >= 4 is 40.9 Å². The highest BCUT2D eigenvalue weighted by molar-refractivity contribution is 6.32. The van der Waals surface area contributed by atoms with E-state index in [0.717, 1.165) is 0 Å². The Labute approximate surface area is 221 Å². The van der Waals surface area contributed by atoms with Crippen molar-refractivity contribution in [3.63, 3.8) is 0 Å². The van der Waals surface area contributed by atoms with Crippen molar-refractivity contribution in [2.24, 2.45) is 4.99 Å². The maximum atomic E-state index is 12.5. The standard InChI is InChI=1S/C26H20ClN3O8/c1-3-36-23-12-17(10-20(27)24(23)37-14-16-5-4-6-19(9-16)29(32)33)11-21-26(31)38-25(28-21)18-8-7-15(2)22(13-18)30(34)35/h4-13H,3,14H2,1-2H3/b21-11-. The van der Waals surface area contributed by atoms with Crippen LogP contribution in [0, 0.1) is 27.2 Å². The lowest BCUT2D eigenvalue weighted by molar-refractivity contribution is -0.385. The van der Waals surface area contributed by atoms with Gasteiger partial charge in [-0.3, -0.25) is 20.2 Å². The molecule has 0 saturated heterocycles. The van der Waals surface area contributed by atoms with Crippen molar-refractivity contribution in [2.75, 3.05) is 6.61 Å².